The smallest absolute Gasteiger partial charge is 0.264 e. The van der Waals surface area contributed by atoms with Crippen LogP contribution >= 0.6 is 0 Å². The zero-order valence-corrected chi connectivity index (χ0v) is 19.5. The van der Waals surface area contributed by atoms with E-state index in [1.165, 1.54) is 23.5 Å². The molecule has 0 aromatic heterocycles. The van der Waals surface area contributed by atoms with Crippen molar-refractivity contribution in [3.8, 4) is 5.75 Å². The second kappa shape index (κ2) is 9.54. The van der Waals surface area contributed by atoms with Gasteiger partial charge in [-0.3, -0.25) is 9.10 Å². The number of rotatable bonds is 6. The summed E-state index contributed by atoms with van der Waals surface area (Å²) in [5, 5.41) is 0. The summed E-state index contributed by atoms with van der Waals surface area (Å²) < 4.78 is 32.7. The first-order valence-electron chi connectivity index (χ1n) is 10.7. The average Bonchev–Trinajstić information content (AvgIpc) is 2.88. The number of hydrogen-bond acceptors (Lipinski definition) is 5. The maximum atomic E-state index is 13.1. The minimum Gasteiger partial charge on any atom is -0.497 e. The molecule has 33 heavy (non-hydrogen) atoms. The number of amides is 1. The highest BCUT2D eigenvalue weighted by Gasteiger charge is 2.25. The predicted molar refractivity (Wildman–Crippen MR) is 130 cm³/mol. The molecule has 1 saturated heterocycles. The summed E-state index contributed by atoms with van der Waals surface area (Å²) in [7, 11) is -0.636. The van der Waals surface area contributed by atoms with Crippen molar-refractivity contribution < 1.29 is 17.9 Å². The monoisotopic (exact) mass is 465 g/mol. The lowest BCUT2D eigenvalue weighted by atomic mass is 10.1. The Morgan fingerprint density at radius 1 is 0.879 bits per heavy atom. The largest absolute Gasteiger partial charge is 0.497 e. The van der Waals surface area contributed by atoms with Gasteiger partial charge in [-0.1, -0.05) is 24.3 Å². The van der Waals surface area contributed by atoms with Crippen molar-refractivity contribution in [1.82, 2.24) is 4.90 Å². The Morgan fingerprint density at radius 2 is 1.55 bits per heavy atom. The first-order valence-corrected chi connectivity index (χ1v) is 12.2. The van der Waals surface area contributed by atoms with Crippen LogP contribution in [0.4, 0.5) is 11.4 Å². The zero-order chi connectivity index (χ0) is 23.4. The van der Waals surface area contributed by atoms with E-state index in [4.69, 9.17) is 4.74 Å². The summed E-state index contributed by atoms with van der Waals surface area (Å²) in [5.41, 5.74) is 2.01. The highest BCUT2D eigenvalue weighted by molar-refractivity contribution is 7.92. The Kier molecular flexibility index (Phi) is 6.55. The Balaban J connectivity index is 1.46. The molecule has 1 aliphatic heterocycles. The van der Waals surface area contributed by atoms with Crippen molar-refractivity contribution in [3.63, 3.8) is 0 Å². The first kappa shape index (κ1) is 22.7. The van der Waals surface area contributed by atoms with Crippen molar-refractivity contribution >= 4 is 27.3 Å². The van der Waals surface area contributed by atoms with Gasteiger partial charge in [0.05, 0.1) is 17.7 Å². The summed E-state index contributed by atoms with van der Waals surface area (Å²) in [6.07, 6.45) is 0. The van der Waals surface area contributed by atoms with Gasteiger partial charge in [0, 0.05) is 44.5 Å². The van der Waals surface area contributed by atoms with Crippen LogP contribution in [0.15, 0.2) is 83.8 Å². The van der Waals surface area contributed by atoms with Crippen LogP contribution in [-0.2, 0) is 10.0 Å². The highest BCUT2D eigenvalue weighted by Crippen LogP contribution is 2.24. The van der Waals surface area contributed by atoms with Crippen LogP contribution in [0.1, 0.15) is 10.4 Å². The minimum absolute atomic E-state index is 0.0940. The van der Waals surface area contributed by atoms with Crippen LogP contribution in [-0.4, -0.2) is 59.6 Å². The van der Waals surface area contributed by atoms with Crippen LogP contribution < -0.4 is 13.9 Å². The summed E-state index contributed by atoms with van der Waals surface area (Å²) >= 11 is 0. The lowest BCUT2D eigenvalue weighted by Crippen LogP contribution is -2.48. The Hall–Kier alpha value is -3.52. The van der Waals surface area contributed by atoms with E-state index < -0.39 is 10.0 Å². The topological polar surface area (TPSA) is 70.2 Å². The molecule has 4 rings (SSSR count). The molecule has 3 aromatic carbocycles. The fraction of sp³-hybridized carbons (Fsp3) is 0.240. The van der Waals surface area contributed by atoms with Gasteiger partial charge in [-0.05, 0) is 54.6 Å². The molecule has 0 aliphatic carbocycles. The van der Waals surface area contributed by atoms with Crippen LogP contribution in [0.5, 0.6) is 5.75 Å². The van der Waals surface area contributed by atoms with E-state index in [9.17, 15) is 13.2 Å². The van der Waals surface area contributed by atoms with Crippen LogP contribution in [0.3, 0.4) is 0 Å². The van der Waals surface area contributed by atoms with Gasteiger partial charge < -0.3 is 14.5 Å². The molecule has 0 spiro atoms. The highest BCUT2D eigenvalue weighted by atomic mass is 32.2. The number of hydrogen-bond donors (Lipinski definition) is 0. The van der Waals surface area contributed by atoms with Gasteiger partial charge in [0.25, 0.3) is 15.9 Å². The number of nitrogens with zero attached hydrogens (tertiary/aromatic N) is 3. The van der Waals surface area contributed by atoms with E-state index in [2.05, 4.69) is 4.90 Å². The molecule has 0 unspecified atom stereocenters. The third kappa shape index (κ3) is 4.80. The number of piperazine rings is 1. The molecule has 7 nitrogen and oxygen atoms in total. The number of para-hydroxylation sites is 1. The van der Waals surface area contributed by atoms with E-state index in [-0.39, 0.29) is 10.8 Å². The van der Waals surface area contributed by atoms with Crippen molar-refractivity contribution in [2.24, 2.45) is 0 Å². The van der Waals surface area contributed by atoms with Gasteiger partial charge in [-0.15, -0.1) is 0 Å². The van der Waals surface area contributed by atoms with Crippen molar-refractivity contribution in [2.45, 2.75) is 4.90 Å². The van der Waals surface area contributed by atoms with E-state index in [0.29, 0.717) is 37.4 Å². The predicted octanol–water partition coefficient (Wildman–Crippen LogP) is 3.48. The molecule has 1 heterocycles. The van der Waals surface area contributed by atoms with Gasteiger partial charge in [0.15, 0.2) is 0 Å². The molecule has 172 valence electrons. The summed E-state index contributed by atoms with van der Waals surface area (Å²) in [4.78, 5) is 17.2. The Labute approximate surface area is 194 Å². The normalized spacial score (nSPS) is 14.1. The summed E-state index contributed by atoms with van der Waals surface area (Å²) in [6.45, 7) is 2.52. The van der Waals surface area contributed by atoms with Crippen molar-refractivity contribution in [2.75, 3.05) is 49.5 Å². The van der Waals surface area contributed by atoms with Crippen LogP contribution in [0.25, 0.3) is 0 Å². The maximum Gasteiger partial charge on any atom is 0.264 e. The molecular weight excluding hydrogens is 438 g/mol. The zero-order valence-electron chi connectivity index (χ0n) is 18.7. The first-order chi connectivity index (χ1) is 15.9. The van der Waals surface area contributed by atoms with Crippen LogP contribution in [0.2, 0.25) is 0 Å². The Bertz CT molecular complexity index is 1210. The molecular formula is C25H27N3O4S. The lowest BCUT2D eigenvalue weighted by Gasteiger charge is -2.36. The van der Waals surface area contributed by atoms with E-state index in [0.717, 1.165) is 11.4 Å². The molecule has 0 radical (unpaired) electrons. The second-order valence-electron chi connectivity index (χ2n) is 7.81. The van der Waals surface area contributed by atoms with E-state index in [1.54, 1.807) is 48.4 Å². The number of anilines is 2. The van der Waals surface area contributed by atoms with Gasteiger partial charge in [-0.2, -0.15) is 0 Å². The molecule has 0 bridgehead atoms. The fourth-order valence-corrected chi connectivity index (χ4v) is 5.11. The fourth-order valence-electron chi connectivity index (χ4n) is 3.87. The molecule has 0 atom stereocenters. The number of sulfonamides is 1. The van der Waals surface area contributed by atoms with E-state index >= 15 is 0 Å². The quantitative estimate of drug-likeness (QED) is 0.558. The Morgan fingerprint density at radius 3 is 2.18 bits per heavy atom. The van der Waals surface area contributed by atoms with Crippen molar-refractivity contribution in [1.29, 1.82) is 0 Å². The molecule has 0 saturated carbocycles. The number of carbonyl (C=O) groups excluding carboxylic acids is 1. The number of methoxy groups -OCH3 is 1. The number of carbonyl (C=O) groups is 1. The van der Waals surface area contributed by atoms with Crippen LogP contribution in [0, 0.1) is 0 Å². The van der Waals surface area contributed by atoms with Gasteiger partial charge in [-0.25, -0.2) is 8.42 Å². The molecule has 0 N–H and O–H groups in total. The van der Waals surface area contributed by atoms with Gasteiger partial charge in [0.1, 0.15) is 5.75 Å². The molecule has 8 heteroatoms. The average molecular weight is 466 g/mol. The van der Waals surface area contributed by atoms with Gasteiger partial charge >= 0.3 is 0 Å². The number of benzene rings is 3. The summed E-state index contributed by atoms with van der Waals surface area (Å²) in [6, 6.07) is 23.0. The molecule has 1 amide bonds. The van der Waals surface area contributed by atoms with Gasteiger partial charge in [0.2, 0.25) is 0 Å². The maximum absolute atomic E-state index is 13.1. The molecule has 3 aromatic rings. The SMILES string of the molecule is COc1ccc(N2CCN(C(=O)c3cccc(S(=O)(=O)N(C)c4ccccc4)c3)CC2)cc1. The standard InChI is InChI=1S/C25H27N3O4S/c1-26(21-8-4-3-5-9-21)33(30,31)24-10-6-7-20(19-24)25(29)28-17-15-27(16-18-28)22-11-13-23(32-2)14-12-22/h3-14,19H,15-18H2,1-2H3. The minimum atomic E-state index is -3.79. The lowest BCUT2D eigenvalue weighted by molar-refractivity contribution is 0.0746. The number of ether oxygens (including phenoxy) is 1. The second-order valence-corrected chi connectivity index (χ2v) is 9.78. The van der Waals surface area contributed by atoms with E-state index in [1.807, 2.05) is 30.3 Å². The van der Waals surface area contributed by atoms with Crippen molar-refractivity contribution in [3.05, 3.63) is 84.4 Å². The molecule has 1 fully saturated rings. The molecule has 1 aliphatic rings. The summed E-state index contributed by atoms with van der Waals surface area (Å²) in [5.74, 6) is 0.643. The third-order valence-electron chi connectivity index (χ3n) is 5.86. The third-order valence-corrected chi connectivity index (χ3v) is 7.65.